The first-order chi connectivity index (χ1) is 9.94. The summed E-state index contributed by atoms with van der Waals surface area (Å²) >= 11 is 3.19. The fourth-order valence-electron chi connectivity index (χ4n) is 2.09. The highest BCUT2D eigenvalue weighted by Crippen LogP contribution is 2.30. The van der Waals surface area contributed by atoms with E-state index in [9.17, 15) is 13.2 Å². The van der Waals surface area contributed by atoms with Crippen LogP contribution in [-0.2, 0) is 0 Å². The molecule has 0 radical (unpaired) electrons. The van der Waals surface area contributed by atoms with Crippen molar-refractivity contribution in [2.24, 2.45) is 0 Å². The van der Waals surface area contributed by atoms with Gasteiger partial charge in [-0.1, -0.05) is 22.0 Å². The number of hydrogen-bond donors (Lipinski definition) is 0. The van der Waals surface area contributed by atoms with Gasteiger partial charge in [-0.3, -0.25) is 0 Å². The van der Waals surface area contributed by atoms with Crippen LogP contribution in [0.1, 0.15) is 0 Å². The van der Waals surface area contributed by atoms with Crippen LogP contribution in [0, 0.1) is 0 Å². The van der Waals surface area contributed by atoms with Crippen molar-refractivity contribution in [3.63, 3.8) is 0 Å². The maximum atomic E-state index is 12.8. The van der Waals surface area contributed by atoms with Crippen LogP contribution in [0.2, 0.25) is 0 Å². The molecule has 0 fully saturated rings. The number of hydrogen-bond acceptors (Lipinski definition) is 3. The maximum Gasteiger partial charge on any atom is 0.405 e. The summed E-state index contributed by atoms with van der Waals surface area (Å²) in [6.07, 6.45) is -2.77. The zero-order chi connectivity index (χ0) is 15.5. The Labute approximate surface area is 128 Å². The molecule has 0 amide bonds. The molecule has 1 heterocycles. The van der Waals surface area contributed by atoms with Gasteiger partial charge in [-0.15, -0.1) is 0 Å². The standard InChI is InChI=1S/C14H14BrF3N2O/c1-21-11-3-2-10-4-6-19-13(12(10)8-11)20(7-5-15)9-14(16,17)18/h2-4,6,8H,5,7,9H2,1H3. The molecule has 0 aliphatic heterocycles. The third-order valence-electron chi connectivity index (χ3n) is 2.98. The predicted molar refractivity (Wildman–Crippen MR) is 80.4 cm³/mol. The van der Waals surface area contributed by atoms with E-state index in [1.54, 1.807) is 24.3 Å². The number of aromatic nitrogens is 1. The summed E-state index contributed by atoms with van der Waals surface area (Å²) in [5.74, 6) is 0.894. The normalized spacial score (nSPS) is 11.7. The summed E-state index contributed by atoms with van der Waals surface area (Å²) in [7, 11) is 1.52. The Bertz CT molecular complexity index is 619. The Morgan fingerprint density at radius 1 is 1.29 bits per heavy atom. The highest BCUT2D eigenvalue weighted by Gasteiger charge is 2.31. The van der Waals surface area contributed by atoms with Gasteiger partial charge in [0.25, 0.3) is 0 Å². The van der Waals surface area contributed by atoms with E-state index in [0.29, 0.717) is 22.3 Å². The Kier molecular flexibility index (Phi) is 4.92. The quantitative estimate of drug-likeness (QED) is 0.751. The lowest BCUT2D eigenvalue weighted by molar-refractivity contribution is -0.119. The highest BCUT2D eigenvalue weighted by molar-refractivity contribution is 9.09. The summed E-state index contributed by atoms with van der Waals surface area (Å²) < 4.78 is 43.4. The third-order valence-corrected chi connectivity index (χ3v) is 3.33. The van der Waals surface area contributed by atoms with Gasteiger partial charge in [-0.05, 0) is 23.6 Å². The van der Waals surface area contributed by atoms with E-state index in [4.69, 9.17) is 4.74 Å². The molecular formula is C14H14BrF3N2O. The Balaban J connectivity index is 2.50. The number of rotatable bonds is 5. The highest BCUT2D eigenvalue weighted by atomic mass is 79.9. The van der Waals surface area contributed by atoms with Gasteiger partial charge in [-0.25, -0.2) is 4.98 Å². The van der Waals surface area contributed by atoms with Gasteiger partial charge >= 0.3 is 6.18 Å². The van der Waals surface area contributed by atoms with Gasteiger partial charge in [0.1, 0.15) is 18.1 Å². The monoisotopic (exact) mass is 362 g/mol. The Morgan fingerprint density at radius 3 is 2.67 bits per heavy atom. The predicted octanol–water partition coefficient (Wildman–Crippen LogP) is 4.01. The molecule has 0 saturated carbocycles. The molecule has 0 bridgehead atoms. The molecule has 21 heavy (non-hydrogen) atoms. The van der Waals surface area contributed by atoms with Crippen molar-refractivity contribution >= 4 is 32.5 Å². The van der Waals surface area contributed by atoms with Crippen LogP contribution in [0.15, 0.2) is 30.5 Å². The van der Waals surface area contributed by atoms with E-state index in [-0.39, 0.29) is 6.54 Å². The van der Waals surface area contributed by atoms with E-state index < -0.39 is 12.7 Å². The van der Waals surface area contributed by atoms with Crippen LogP contribution in [0.4, 0.5) is 19.0 Å². The number of fused-ring (bicyclic) bond motifs is 1. The second-order valence-corrected chi connectivity index (χ2v) is 5.24. The maximum absolute atomic E-state index is 12.8. The summed E-state index contributed by atoms with van der Waals surface area (Å²) in [5, 5.41) is 1.88. The van der Waals surface area contributed by atoms with E-state index >= 15 is 0 Å². The molecule has 0 aliphatic carbocycles. The molecule has 114 valence electrons. The van der Waals surface area contributed by atoms with Crippen LogP contribution < -0.4 is 9.64 Å². The molecule has 2 aromatic rings. The number of pyridine rings is 1. The smallest absolute Gasteiger partial charge is 0.405 e. The largest absolute Gasteiger partial charge is 0.497 e. The van der Waals surface area contributed by atoms with E-state index in [2.05, 4.69) is 20.9 Å². The molecule has 2 rings (SSSR count). The van der Waals surface area contributed by atoms with Crippen molar-refractivity contribution in [3.05, 3.63) is 30.5 Å². The lowest BCUT2D eigenvalue weighted by atomic mass is 10.1. The molecule has 0 N–H and O–H groups in total. The molecule has 0 spiro atoms. The van der Waals surface area contributed by atoms with Gasteiger partial charge in [0.05, 0.1) is 7.11 Å². The number of ether oxygens (including phenoxy) is 1. The molecule has 1 aromatic heterocycles. The lowest BCUT2D eigenvalue weighted by Gasteiger charge is -2.25. The minimum Gasteiger partial charge on any atom is -0.497 e. The van der Waals surface area contributed by atoms with Gasteiger partial charge in [0.2, 0.25) is 0 Å². The van der Waals surface area contributed by atoms with Crippen LogP contribution in [0.25, 0.3) is 10.8 Å². The zero-order valence-electron chi connectivity index (χ0n) is 11.3. The van der Waals surface area contributed by atoms with Crippen LogP contribution in [-0.4, -0.2) is 36.7 Å². The van der Waals surface area contributed by atoms with Gasteiger partial charge in [-0.2, -0.15) is 13.2 Å². The summed E-state index contributed by atoms with van der Waals surface area (Å²) in [6.45, 7) is -0.829. The van der Waals surface area contributed by atoms with E-state index in [0.717, 1.165) is 5.39 Å². The van der Waals surface area contributed by atoms with Gasteiger partial charge in [0.15, 0.2) is 0 Å². The van der Waals surface area contributed by atoms with Crippen LogP contribution in [0.3, 0.4) is 0 Å². The molecule has 0 saturated heterocycles. The Hall–Kier alpha value is -1.50. The van der Waals surface area contributed by atoms with Gasteiger partial charge < -0.3 is 9.64 Å². The summed E-state index contributed by atoms with van der Waals surface area (Å²) in [4.78, 5) is 5.35. The molecule has 7 heteroatoms. The van der Waals surface area contributed by atoms with Crippen molar-refractivity contribution < 1.29 is 17.9 Å². The minimum absolute atomic E-state index is 0.211. The van der Waals surface area contributed by atoms with E-state index in [1.165, 1.54) is 18.2 Å². The average molecular weight is 363 g/mol. The second-order valence-electron chi connectivity index (χ2n) is 4.45. The summed E-state index contributed by atoms with van der Waals surface area (Å²) in [6, 6.07) is 7.04. The fourth-order valence-corrected chi connectivity index (χ4v) is 2.52. The topological polar surface area (TPSA) is 25.4 Å². The molecule has 1 aromatic carbocycles. The molecule has 0 atom stereocenters. The van der Waals surface area contributed by atoms with Crippen LogP contribution in [0.5, 0.6) is 5.75 Å². The van der Waals surface area contributed by atoms with Crippen LogP contribution >= 0.6 is 15.9 Å². The number of alkyl halides is 4. The van der Waals surface area contributed by atoms with Crippen molar-refractivity contribution in [2.75, 3.05) is 30.4 Å². The van der Waals surface area contributed by atoms with Crippen molar-refractivity contribution in [1.82, 2.24) is 4.98 Å². The third kappa shape index (κ3) is 4.00. The molecule has 0 unspecified atom stereocenters. The first-order valence-electron chi connectivity index (χ1n) is 6.25. The number of benzene rings is 1. The SMILES string of the molecule is COc1ccc2ccnc(N(CCBr)CC(F)(F)F)c2c1. The fraction of sp³-hybridized carbons (Fsp3) is 0.357. The van der Waals surface area contributed by atoms with Crippen molar-refractivity contribution in [3.8, 4) is 5.75 Å². The van der Waals surface area contributed by atoms with Crippen molar-refractivity contribution in [2.45, 2.75) is 6.18 Å². The minimum atomic E-state index is -4.29. The first kappa shape index (κ1) is 15.9. The zero-order valence-corrected chi connectivity index (χ0v) is 12.9. The summed E-state index contributed by atoms with van der Waals surface area (Å²) in [5.41, 5.74) is 0. The first-order valence-corrected chi connectivity index (χ1v) is 7.37. The number of halogens is 4. The Morgan fingerprint density at radius 2 is 2.05 bits per heavy atom. The number of anilines is 1. The lowest BCUT2D eigenvalue weighted by Crippen LogP contribution is -2.36. The molecule has 0 aliphatic rings. The second kappa shape index (κ2) is 6.51. The number of methoxy groups -OCH3 is 1. The molecule has 3 nitrogen and oxygen atoms in total. The van der Waals surface area contributed by atoms with E-state index in [1.807, 2.05) is 0 Å². The van der Waals surface area contributed by atoms with Gasteiger partial charge in [0, 0.05) is 23.5 Å². The van der Waals surface area contributed by atoms with Crippen molar-refractivity contribution in [1.29, 1.82) is 0 Å². The molecular weight excluding hydrogens is 349 g/mol. The average Bonchev–Trinajstić information content (AvgIpc) is 2.44. The number of nitrogens with zero attached hydrogens (tertiary/aromatic N) is 2.